The van der Waals surface area contributed by atoms with Gasteiger partial charge in [0.25, 0.3) is 5.91 Å². The highest BCUT2D eigenvalue weighted by Gasteiger charge is 2.33. The Balaban J connectivity index is 0.000000161. The van der Waals surface area contributed by atoms with Crippen molar-refractivity contribution in [3.05, 3.63) is 301 Å². The number of carbonyl (C=O) groups is 5. The van der Waals surface area contributed by atoms with Crippen LogP contribution in [0.25, 0.3) is 65.3 Å². The number of rotatable bonds is 17. The number of aryl methyl sites for hydroxylation is 1. The molecule has 0 saturated carbocycles. The SMILES string of the molecule is COC(=O)c1sc(-c2ccccc2)cc1N.COC(=O)c1sc(-c2ccccc2)cc1NCc1ccc(-c2cccc(C(F)(F)F)c2)o1.Cc1cccc(-c2ccc(C=O)o2)c1.O=C(O)c1sc(-c2ccccc2)cc1N(Cc1ccc(-c2cccc(C(F)(F)F)c2)o1)C(=O)c1ccc(Cl)cc1Cl. The van der Waals surface area contributed by atoms with E-state index in [0.717, 1.165) is 73.4 Å². The lowest BCUT2D eigenvalue weighted by Gasteiger charge is -2.22. The van der Waals surface area contributed by atoms with Gasteiger partial charge in [-0.3, -0.25) is 14.5 Å². The number of nitrogen functional groups attached to an aromatic ring is 1. The van der Waals surface area contributed by atoms with E-state index in [1.165, 1.54) is 95.9 Å². The molecule has 0 aliphatic rings. The van der Waals surface area contributed by atoms with Crippen molar-refractivity contribution in [3.63, 3.8) is 0 Å². The fourth-order valence-electron chi connectivity index (χ4n) is 10.1. The predicted octanol–water partition coefficient (Wildman–Crippen LogP) is 22.5. The van der Waals surface area contributed by atoms with E-state index >= 15 is 0 Å². The molecule has 25 heteroatoms. The van der Waals surface area contributed by atoms with E-state index < -0.39 is 41.3 Å². The van der Waals surface area contributed by atoms with Crippen molar-refractivity contribution in [3.8, 4) is 65.3 Å². The van der Waals surface area contributed by atoms with Crippen LogP contribution in [0, 0.1) is 6.92 Å². The number of amides is 1. The predicted molar refractivity (Wildman–Crippen MR) is 390 cm³/mol. The molecule has 0 atom stereocenters. The zero-order valence-corrected chi connectivity index (χ0v) is 58.3. The summed E-state index contributed by atoms with van der Waals surface area (Å²) in [6, 6.07) is 65.5. The first-order chi connectivity index (χ1) is 49.4. The van der Waals surface area contributed by atoms with Crippen LogP contribution in [0.15, 0.2) is 250 Å². The molecule has 1 amide bonds. The van der Waals surface area contributed by atoms with Gasteiger partial charge in [-0.1, -0.05) is 162 Å². The van der Waals surface area contributed by atoms with E-state index in [1.54, 1.807) is 42.5 Å². The Morgan fingerprint density at radius 3 is 1.50 bits per heavy atom. The van der Waals surface area contributed by atoms with Gasteiger partial charge >= 0.3 is 30.3 Å². The van der Waals surface area contributed by atoms with E-state index in [9.17, 15) is 55.4 Å². The first kappa shape index (κ1) is 74.5. The summed E-state index contributed by atoms with van der Waals surface area (Å²) in [6.45, 7) is 2.03. The molecule has 13 rings (SSSR count). The second-order valence-electron chi connectivity index (χ2n) is 22.2. The molecule has 0 radical (unpaired) electrons. The minimum absolute atomic E-state index is 0.0620. The Hall–Kier alpha value is -11.2. The molecule has 0 unspecified atom stereocenters. The zero-order valence-electron chi connectivity index (χ0n) is 54.3. The van der Waals surface area contributed by atoms with Crippen molar-refractivity contribution in [2.45, 2.75) is 32.4 Å². The molecule has 0 spiro atoms. The van der Waals surface area contributed by atoms with Crippen LogP contribution in [0.5, 0.6) is 0 Å². The molecule has 4 N–H and O–H groups in total. The van der Waals surface area contributed by atoms with E-state index in [-0.39, 0.29) is 57.3 Å². The summed E-state index contributed by atoms with van der Waals surface area (Å²) in [5, 5.41) is 13.6. The van der Waals surface area contributed by atoms with Gasteiger partial charge in [-0.2, -0.15) is 26.3 Å². The number of hydrogen-bond acceptors (Lipinski definition) is 15. The third-order valence-electron chi connectivity index (χ3n) is 15.1. The van der Waals surface area contributed by atoms with Crippen molar-refractivity contribution in [2.75, 3.05) is 30.2 Å². The number of carbonyl (C=O) groups excluding carboxylic acids is 4. The Morgan fingerprint density at radius 2 is 0.990 bits per heavy atom. The fourth-order valence-corrected chi connectivity index (χ4v) is 13.7. The van der Waals surface area contributed by atoms with E-state index in [1.807, 2.05) is 128 Å². The lowest BCUT2D eigenvalue weighted by Crippen LogP contribution is -2.31. The molecule has 14 nitrogen and oxygen atoms in total. The molecule has 7 aromatic carbocycles. The van der Waals surface area contributed by atoms with Crippen molar-refractivity contribution >= 4 is 104 Å². The number of nitrogens with two attached hydrogens (primary N) is 1. The monoisotopic (exact) mass is 1490 g/mol. The number of furan rings is 3. The fraction of sp³-hybridized carbons (Fsp3) is 0.0897. The Labute approximate surface area is 607 Å². The summed E-state index contributed by atoms with van der Waals surface area (Å²) < 4.78 is 105. The second kappa shape index (κ2) is 33.5. The van der Waals surface area contributed by atoms with Crippen molar-refractivity contribution in [1.29, 1.82) is 0 Å². The number of aldehydes is 1. The van der Waals surface area contributed by atoms with Gasteiger partial charge in [-0.25, -0.2) is 14.4 Å². The highest BCUT2D eigenvalue weighted by molar-refractivity contribution is 7.18. The minimum atomic E-state index is -4.53. The number of methoxy groups -OCH3 is 2. The highest BCUT2D eigenvalue weighted by Crippen LogP contribution is 2.42. The summed E-state index contributed by atoms with van der Waals surface area (Å²) in [5.74, 6) is -0.404. The normalized spacial score (nSPS) is 11.0. The molecule has 0 fully saturated rings. The van der Waals surface area contributed by atoms with Gasteiger partial charge in [0.05, 0.1) is 66.1 Å². The molecule has 0 bridgehead atoms. The van der Waals surface area contributed by atoms with Crippen molar-refractivity contribution in [2.24, 2.45) is 0 Å². The van der Waals surface area contributed by atoms with Crippen LogP contribution in [0.2, 0.25) is 10.0 Å². The third-order valence-corrected chi connectivity index (χ3v) is 19.2. The third kappa shape index (κ3) is 19.1. The number of esters is 2. The Morgan fingerprint density at radius 1 is 0.524 bits per heavy atom. The smallest absolute Gasteiger partial charge is 0.416 e. The number of aromatic carboxylic acids is 1. The van der Waals surface area contributed by atoms with Crippen LogP contribution >= 0.6 is 57.2 Å². The zero-order chi connectivity index (χ0) is 73.5. The summed E-state index contributed by atoms with van der Waals surface area (Å²) in [4.78, 5) is 64.7. The standard InChI is InChI=1S/C30H18Cl2F3NO4S.C24H18F3NO3S.C12H11NO2S.C12H10O2/c31-20-9-11-22(23(32)14-20)28(37)36(24-15-26(41-27(24)29(38)39)17-5-2-1-3-6-17)16-21-10-12-25(40-21)18-7-4-8-19(13-18)30(33,34)35;1-30-23(29)22-19(13-21(32-22)15-6-3-2-4-7-15)28-14-18-10-11-20(31-18)16-8-5-9-17(12-16)24(25,26)27;1-15-12(14)11-9(13)7-10(16-11)8-5-3-2-4-6-8;1-9-3-2-4-10(7-9)12-6-5-11(8-13)14-12/h1-15H,16H2,(H,38,39);2-13,28H,14H2,1H3;2-7H,13H2,1H3;2-8H,1H3. The maximum atomic E-state index is 13.9. The van der Waals surface area contributed by atoms with Crippen LogP contribution < -0.4 is 16.0 Å². The van der Waals surface area contributed by atoms with Crippen LogP contribution in [0.3, 0.4) is 0 Å². The number of hydrogen-bond donors (Lipinski definition) is 3. The molecule has 103 heavy (non-hydrogen) atoms. The second-order valence-corrected chi connectivity index (χ2v) is 26.2. The number of halogens is 8. The van der Waals surface area contributed by atoms with Gasteiger partial charge < -0.3 is 38.9 Å². The number of nitrogens with one attached hydrogen (secondary N) is 1. The first-order valence-electron chi connectivity index (χ1n) is 30.8. The summed E-state index contributed by atoms with van der Waals surface area (Å²) in [7, 11) is 2.67. The van der Waals surface area contributed by atoms with Crippen LogP contribution in [0.4, 0.5) is 43.4 Å². The summed E-state index contributed by atoms with van der Waals surface area (Å²) in [5.41, 5.74) is 10.9. The number of ether oxygens (including phenoxy) is 2. The largest absolute Gasteiger partial charge is 0.477 e. The number of alkyl halides is 6. The van der Waals surface area contributed by atoms with Gasteiger partial charge in [-0.05, 0) is 127 Å². The molecular formula is C78H57Cl2F6N3O11S3. The van der Waals surface area contributed by atoms with E-state index in [0.29, 0.717) is 60.2 Å². The number of carboxylic acids is 1. The maximum absolute atomic E-state index is 13.9. The molecule has 6 aromatic heterocycles. The highest BCUT2D eigenvalue weighted by atomic mass is 35.5. The van der Waals surface area contributed by atoms with Crippen molar-refractivity contribution in [1.82, 2.24) is 0 Å². The summed E-state index contributed by atoms with van der Waals surface area (Å²) in [6.07, 6.45) is -8.25. The molecular weight excluding hydrogens is 1440 g/mol. The molecule has 6 heterocycles. The van der Waals surface area contributed by atoms with Gasteiger partial charge in [-0.15, -0.1) is 34.0 Å². The maximum Gasteiger partial charge on any atom is 0.416 e. The average Bonchev–Trinajstić information content (AvgIpc) is 1.67. The molecule has 13 aromatic rings. The average molecular weight is 1490 g/mol. The number of nitrogens with zero attached hydrogens (tertiary/aromatic N) is 1. The first-order valence-corrected chi connectivity index (χ1v) is 34.0. The number of benzene rings is 7. The van der Waals surface area contributed by atoms with Crippen LogP contribution in [-0.4, -0.2) is 49.4 Å². The van der Waals surface area contributed by atoms with E-state index in [2.05, 4.69) is 10.1 Å². The minimum Gasteiger partial charge on any atom is -0.477 e. The molecule has 0 aliphatic carbocycles. The number of thiophene rings is 3. The Kier molecular flexibility index (Phi) is 24.2. The number of anilines is 3. The molecule has 524 valence electrons. The lowest BCUT2D eigenvalue weighted by atomic mass is 10.1. The van der Waals surface area contributed by atoms with Gasteiger partial charge in [0, 0.05) is 36.3 Å². The topological polar surface area (TPSA) is 205 Å². The molecule has 0 saturated heterocycles. The van der Waals surface area contributed by atoms with Gasteiger partial charge in [0.1, 0.15) is 43.4 Å². The van der Waals surface area contributed by atoms with Gasteiger partial charge in [0.15, 0.2) is 12.0 Å². The van der Waals surface area contributed by atoms with Crippen LogP contribution in [0.1, 0.15) is 78.1 Å². The summed E-state index contributed by atoms with van der Waals surface area (Å²) >= 11 is 16.0. The quantitative estimate of drug-likeness (QED) is 0.0441. The van der Waals surface area contributed by atoms with Gasteiger partial charge in [0.2, 0.25) is 0 Å². The number of carboxylic acid groups (broad SMARTS) is 1. The molecule has 0 aliphatic heterocycles. The lowest BCUT2D eigenvalue weighted by molar-refractivity contribution is -0.138. The van der Waals surface area contributed by atoms with Crippen LogP contribution in [-0.2, 0) is 34.9 Å². The van der Waals surface area contributed by atoms with Crippen molar-refractivity contribution < 1.29 is 78.1 Å². The van der Waals surface area contributed by atoms with E-state index in [4.69, 9.17) is 46.9 Å². The Bertz CT molecular complexity index is 5120.